The van der Waals surface area contributed by atoms with Crippen molar-refractivity contribution in [3.8, 4) is 0 Å². The molecule has 0 radical (unpaired) electrons. The molecule has 0 saturated carbocycles. The quantitative estimate of drug-likeness (QED) is 0.712. The van der Waals surface area contributed by atoms with Gasteiger partial charge >= 0.3 is 0 Å². The number of unbranched alkanes of at least 4 members (excludes halogenated alkanes) is 1. The summed E-state index contributed by atoms with van der Waals surface area (Å²) in [6.45, 7) is 2.76. The third kappa shape index (κ3) is 4.72. The Labute approximate surface area is 99.7 Å². The maximum atomic E-state index is 11.4. The van der Waals surface area contributed by atoms with Crippen LogP contribution in [0.2, 0.25) is 0 Å². The molecule has 0 saturated heterocycles. The number of carbonyl (C=O) groups is 1. The molecule has 0 spiro atoms. The zero-order valence-corrected chi connectivity index (χ0v) is 10.3. The van der Waals surface area contributed by atoms with Gasteiger partial charge in [0.1, 0.15) is 5.01 Å². The highest BCUT2D eigenvalue weighted by molar-refractivity contribution is 7.11. The van der Waals surface area contributed by atoms with Crippen LogP contribution in [0.1, 0.15) is 36.1 Å². The van der Waals surface area contributed by atoms with Gasteiger partial charge < -0.3 is 10.4 Å². The largest absolute Gasteiger partial charge is 0.396 e. The van der Waals surface area contributed by atoms with E-state index >= 15 is 0 Å². The van der Waals surface area contributed by atoms with Gasteiger partial charge in [0.2, 0.25) is 5.91 Å². The van der Waals surface area contributed by atoms with E-state index in [0.29, 0.717) is 19.4 Å². The molecule has 1 aromatic heterocycles. The van der Waals surface area contributed by atoms with Gasteiger partial charge in [-0.2, -0.15) is 0 Å². The molecule has 0 unspecified atom stereocenters. The lowest BCUT2D eigenvalue weighted by atomic mass is 10.2. The maximum Gasteiger partial charge on any atom is 0.220 e. The minimum atomic E-state index is 0.0294. The highest BCUT2D eigenvalue weighted by Gasteiger charge is 2.03. The second-order valence-electron chi connectivity index (χ2n) is 3.53. The van der Waals surface area contributed by atoms with Crippen molar-refractivity contribution in [3.63, 3.8) is 0 Å². The van der Waals surface area contributed by atoms with Crippen LogP contribution < -0.4 is 5.32 Å². The summed E-state index contributed by atoms with van der Waals surface area (Å²) in [7, 11) is 0. The van der Waals surface area contributed by atoms with Gasteiger partial charge in [-0.05, 0) is 19.3 Å². The van der Waals surface area contributed by atoms with Gasteiger partial charge in [0, 0.05) is 24.1 Å². The Bertz CT molecular complexity index is 326. The second-order valence-corrected chi connectivity index (χ2v) is 4.73. The van der Waals surface area contributed by atoms with Crippen LogP contribution in [-0.4, -0.2) is 22.6 Å². The molecule has 2 N–H and O–H groups in total. The molecule has 1 rings (SSSR count). The number of nitrogens with zero attached hydrogens (tertiary/aromatic N) is 1. The summed E-state index contributed by atoms with van der Waals surface area (Å²) >= 11 is 1.64. The number of aliphatic hydroxyl groups excluding tert-OH is 1. The van der Waals surface area contributed by atoms with E-state index in [9.17, 15) is 4.79 Å². The summed E-state index contributed by atoms with van der Waals surface area (Å²) in [5.74, 6) is 0.0294. The fourth-order valence-corrected chi connectivity index (χ4v) is 2.06. The zero-order chi connectivity index (χ0) is 11.8. The van der Waals surface area contributed by atoms with Gasteiger partial charge in [0.05, 0.1) is 6.54 Å². The van der Waals surface area contributed by atoms with Crippen molar-refractivity contribution in [1.82, 2.24) is 10.3 Å². The van der Waals surface area contributed by atoms with Crippen molar-refractivity contribution in [1.29, 1.82) is 0 Å². The standard InChI is InChI=1S/C11H18N2O2S/c1-2-9-7-13-11(16-9)8-12-10(15)5-3-4-6-14/h7,14H,2-6,8H2,1H3,(H,12,15). The number of nitrogens with one attached hydrogen (secondary N) is 1. The molecule has 1 amide bonds. The number of rotatable bonds is 7. The summed E-state index contributed by atoms with van der Waals surface area (Å²) in [5, 5.41) is 12.4. The first-order valence-corrected chi connectivity index (χ1v) is 6.39. The first kappa shape index (κ1) is 13.1. The Morgan fingerprint density at radius 1 is 1.56 bits per heavy atom. The highest BCUT2D eigenvalue weighted by Crippen LogP contribution is 2.12. The Balaban J connectivity index is 2.20. The van der Waals surface area contributed by atoms with Gasteiger partial charge in [0.15, 0.2) is 0 Å². The van der Waals surface area contributed by atoms with Gasteiger partial charge in [0.25, 0.3) is 0 Å². The van der Waals surface area contributed by atoms with Crippen molar-refractivity contribution < 1.29 is 9.90 Å². The first-order chi connectivity index (χ1) is 7.76. The Hall–Kier alpha value is -0.940. The topological polar surface area (TPSA) is 62.2 Å². The summed E-state index contributed by atoms with van der Waals surface area (Å²) in [6.07, 6.45) is 4.75. The number of hydrogen-bond acceptors (Lipinski definition) is 4. The lowest BCUT2D eigenvalue weighted by molar-refractivity contribution is -0.121. The smallest absolute Gasteiger partial charge is 0.220 e. The van der Waals surface area contributed by atoms with Crippen LogP contribution in [0.4, 0.5) is 0 Å². The molecule has 90 valence electrons. The van der Waals surface area contributed by atoms with Crippen molar-refractivity contribution in [3.05, 3.63) is 16.1 Å². The average molecular weight is 242 g/mol. The van der Waals surface area contributed by atoms with Crippen LogP contribution in [-0.2, 0) is 17.8 Å². The van der Waals surface area contributed by atoms with Crippen LogP contribution in [0, 0.1) is 0 Å². The zero-order valence-electron chi connectivity index (χ0n) is 9.53. The summed E-state index contributed by atoms with van der Waals surface area (Å²) in [6, 6.07) is 0. The third-order valence-corrected chi connectivity index (χ3v) is 3.34. The number of hydrogen-bond donors (Lipinski definition) is 2. The molecular formula is C11H18N2O2S. The molecular weight excluding hydrogens is 224 g/mol. The summed E-state index contributed by atoms with van der Waals surface area (Å²) < 4.78 is 0. The predicted octanol–water partition coefficient (Wildman–Crippen LogP) is 1.48. The summed E-state index contributed by atoms with van der Waals surface area (Å²) in [5.41, 5.74) is 0. The molecule has 0 fully saturated rings. The minimum Gasteiger partial charge on any atom is -0.396 e. The Kier molecular flexibility index (Phi) is 6.03. The van der Waals surface area contributed by atoms with Crippen molar-refractivity contribution in [2.75, 3.05) is 6.61 Å². The fourth-order valence-electron chi connectivity index (χ4n) is 1.25. The van der Waals surface area contributed by atoms with E-state index in [4.69, 9.17) is 5.11 Å². The minimum absolute atomic E-state index is 0.0294. The van der Waals surface area contributed by atoms with Crippen LogP contribution >= 0.6 is 11.3 Å². The fraction of sp³-hybridized carbons (Fsp3) is 0.636. The van der Waals surface area contributed by atoms with Crippen molar-refractivity contribution in [2.45, 2.75) is 39.2 Å². The van der Waals surface area contributed by atoms with Crippen LogP contribution in [0.15, 0.2) is 6.20 Å². The molecule has 0 atom stereocenters. The highest BCUT2D eigenvalue weighted by atomic mass is 32.1. The van der Waals surface area contributed by atoms with Crippen molar-refractivity contribution >= 4 is 17.2 Å². The van der Waals surface area contributed by atoms with E-state index in [-0.39, 0.29) is 12.5 Å². The monoisotopic (exact) mass is 242 g/mol. The Morgan fingerprint density at radius 2 is 2.38 bits per heavy atom. The number of aromatic nitrogens is 1. The van der Waals surface area contributed by atoms with E-state index in [1.54, 1.807) is 11.3 Å². The molecule has 5 heteroatoms. The Morgan fingerprint density at radius 3 is 3.00 bits per heavy atom. The van der Waals surface area contributed by atoms with E-state index < -0.39 is 0 Å². The predicted molar refractivity (Wildman–Crippen MR) is 64.3 cm³/mol. The maximum absolute atomic E-state index is 11.4. The molecule has 1 aromatic rings. The average Bonchev–Trinajstić information content (AvgIpc) is 2.74. The van der Waals surface area contributed by atoms with E-state index in [2.05, 4.69) is 17.2 Å². The molecule has 0 aromatic carbocycles. The molecule has 0 aliphatic carbocycles. The van der Waals surface area contributed by atoms with Gasteiger partial charge in [-0.25, -0.2) is 4.98 Å². The lowest BCUT2D eigenvalue weighted by Gasteiger charge is -2.01. The number of thiazole rings is 1. The molecule has 0 bridgehead atoms. The number of aliphatic hydroxyl groups is 1. The molecule has 4 nitrogen and oxygen atoms in total. The molecule has 0 aliphatic rings. The first-order valence-electron chi connectivity index (χ1n) is 5.57. The number of aryl methyl sites for hydroxylation is 1. The number of carbonyl (C=O) groups excluding carboxylic acids is 1. The van der Waals surface area contributed by atoms with Crippen LogP contribution in [0.25, 0.3) is 0 Å². The van der Waals surface area contributed by atoms with Gasteiger partial charge in [-0.15, -0.1) is 11.3 Å². The molecule has 0 aliphatic heterocycles. The lowest BCUT2D eigenvalue weighted by Crippen LogP contribution is -2.22. The van der Waals surface area contributed by atoms with Gasteiger partial charge in [-0.1, -0.05) is 6.92 Å². The van der Waals surface area contributed by atoms with Crippen LogP contribution in [0.3, 0.4) is 0 Å². The normalized spacial score (nSPS) is 10.4. The van der Waals surface area contributed by atoms with E-state index in [0.717, 1.165) is 17.8 Å². The second kappa shape index (κ2) is 7.35. The SMILES string of the molecule is CCc1cnc(CNC(=O)CCCCO)s1. The van der Waals surface area contributed by atoms with Gasteiger partial charge in [-0.3, -0.25) is 4.79 Å². The molecule has 16 heavy (non-hydrogen) atoms. The van der Waals surface area contributed by atoms with Crippen molar-refractivity contribution in [2.24, 2.45) is 0 Å². The van der Waals surface area contributed by atoms with E-state index in [1.807, 2.05) is 6.20 Å². The van der Waals surface area contributed by atoms with Crippen LogP contribution in [0.5, 0.6) is 0 Å². The van der Waals surface area contributed by atoms with E-state index in [1.165, 1.54) is 4.88 Å². The molecule has 1 heterocycles. The third-order valence-electron chi connectivity index (χ3n) is 2.20. The summed E-state index contributed by atoms with van der Waals surface area (Å²) in [4.78, 5) is 16.8. The number of amides is 1.